The molecule has 0 spiro atoms. The van der Waals surface area contributed by atoms with Gasteiger partial charge in [-0.2, -0.15) is 15.2 Å². The van der Waals surface area contributed by atoms with Crippen molar-refractivity contribution in [2.45, 2.75) is 82.4 Å². The van der Waals surface area contributed by atoms with E-state index in [1.54, 1.807) is 0 Å². The fourth-order valence-electron chi connectivity index (χ4n) is 9.40. The van der Waals surface area contributed by atoms with E-state index < -0.39 is 17.7 Å². The SMILES string of the molecule is CC(O)CN1CC2CCC(C1)N2c1nc(OCC23CCCN2CCC3)nc2c(F)c(-c3ncc(F)c4sc(N)c(C#N)c34)c3c(c12)COC3. The molecule has 3 atom stereocenters. The zero-order valence-corrected chi connectivity index (χ0v) is 28.2. The van der Waals surface area contributed by atoms with Crippen molar-refractivity contribution < 1.29 is 23.4 Å². The van der Waals surface area contributed by atoms with Gasteiger partial charge in [0.2, 0.25) is 0 Å². The lowest BCUT2D eigenvalue weighted by molar-refractivity contribution is 0.107. The summed E-state index contributed by atoms with van der Waals surface area (Å²) < 4.78 is 45.1. The number of aliphatic hydroxyl groups excluding tert-OH is 1. The first kappa shape index (κ1) is 31.3. The van der Waals surface area contributed by atoms with E-state index in [9.17, 15) is 10.4 Å². The lowest BCUT2D eigenvalue weighted by atomic mass is 9.93. The van der Waals surface area contributed by atoms with Crippen LogP contribution < -0.4 is 15.4 Å². The summed E-state index contributed by atoms with van der Waals surface area (Å²) in [5, 5.41) is 21.1. The Bertz CT molecular complexity index is 2030. The largest absolute Gasteiger partial charge is 0.461 e. The van der Waals surface area contributed by atoms with Gasteiger partial charge >= 0.3 is 6.01 Å². The number of nitrogens with zero attached hydrogens (tertiary/aromatic N) is 7. The van der Waals surface area contributed by atoms with Gasteiger partial charge < -0.3 is 25.2 Å². The first-order valence-corrected chi connectivity index (χ1v) is 18.0. The van der Waals surface area contributed by atoms with E-state index >= 15 is 8.78 Å². The molecular formula is C35H38F2N8O3S. The molecule has 49 heavy (non-hydrogen) atoms. The molecule has 3 unspecified atom stereocenters. The minimum atomic E-state index is -0.636. The van der Waals surface area contributed by atoms with Crippen LogP contribution in [-0.4, -0.2) is 92.9 Å². The quantitative estimate of drug-likeness (QED) is 0.279. The standard InChI is InChI=1S/C35H38F2N8O3S/c1-18(46)12-43-13-19-4-5-20(14-43)45(19)33-27-23-16-47-15-22(23)25(29-26-21(10-38)32(39)49-31(26)24(36)11-40-29)28(37)30(27)41-34(42-33)48-17-35-6-2-8-44(35)9-3-7-35/h11,18-20,46H,2-9,12-17,39H2,1H3. The number of β-amino-alcohol motifs (C(OH)–C–C–N with tert-alkyl or cyclic N) is 1. The summed E-state index contributed by atoms with van der Waals surface area (Å²) in [4.78, 5) is 21.4. The maximum Gasteiger partial charge on any atom is 0.319 e. The van der Waals surface area contributed by atoms with Crippen molar-refractivity contribution in [2.24, 2.45) is 0 Å². The number of ether oxygens (including phenoxy) is 2. The van der Waals surface area contributed by atoms with Gasteiger partial charge in [0, 0.05) is 42.7 Å². The molecule has 4 saturated heterocycles. The molecule has 0 saturated carbocycles. The number of anilines is 2. The van der Waals surface area contributed by atoms with Crippen LogP contribution in [0.3, 0.4) is 0 Å². The molecule has 4 aromatic rings. The first-order chi connectivity index (χ1) is 23.8. The van der Waals surface area contributed by atoms with Crippen molar-refractivity contribution in [2.75, 3.05) is 50.0 Å². The second-order valence-electron chi connectivity index (χ2n) is 14.4. The van der Waals surface area contributed by atoms with E-state index in [0.717, 1.165) is 87.8 Å². The Balaban J connectivity index is 1.24. The number of rotatable bonds is 7. The van der Waals surface area contributed by atoms with E-state index in [4.69, 9.17) is 25.2 Å². The molecule has 3 aromatic heterocycles. The van der Waals surface area contributed by atoms with Gasteiger partial charge in [-0.3, -0.25) is 14.8 Å². The van der Waals surface area contributed by atoms with Crippen molar-refractivity contribution >= 4 is 43.1 Å². The molecule has 256 valence electrons. The number of likely N-dealkylation sites (tertiary alicyclic amines) is 1. The number of halogens is 2. The molecule has 3 N–H and O–H groups in total. The van der Waals surface area contributed by atoms with Crippen LogP contribution in [0.25, 0.3) is 32.2 Å². The van der Waals surface area contributed by atoms with Crippen molar-refractivity contribution in [3.8, 4) is 23.3 Å². The number of hydrogen-bond donors (Lipinski definition) is 2. The minimum absolute atomic E-state index is 0.0597. The van der Waals surface area contributed by atoms with Gasteiger partial charge in [-0.05, 0) is 69.7 Å². The zero-order chi connectivity index (χ0) is 33.6. The number of nitriles is 1. The fraction of sp³-hybridized carbons (Fsp3) is 0.543. The van der Waals surface area contributed by atoms with Crippen LogP contribution in [0.2, 0.25) is 0 Å². The number of hydrogen-bond acceptors (Lipinski definition) is 12. The summed E-state index contributed by atoms with van der Waals surface area (Å²) in [6.45, 7) is 6.77. The highest BCUT2D eigenvalue weighted by Gasteiger charge is 2.46. The summed E-state index contributed by atoms with van der Waals surface area (Å²) >= 11 is 0.953. The maximum atomic E-state index is 17.5. The van der Waals surface area contributed by atoms with Gasteiger partial charge in [-0.1, -0.05) is 0 Å². The van der Waals surface area contributed by atoms with Crippen LogP contribution in [0.5, 0.6) is 6.01 Å². The average Bonchev–Trinajstić information content (AvgIpc) is 3.89. The topological polar surface area (TPSA) is 137 Å². The molecule has 0 radical (unpaired) electrons. The Morgan fingerprint density at radius 1 is 1.14 bits per heavy atom. The summed E-state index contributed by atoms with van der Waals surface area (Å²) in [6, 6.07) is 2.45. The lowest BCUT2D eigenvalue weighted by Gasteiger charge is -2.42. The summed E-state index contributed by atoms with van der Waals surface area (Å²) in [7, 11) is 0. The predicted molar refractivity (Wildman–Crippen MR) is 181 cm³/mol. The molecule has 2 bridgehead atoms. The van der Waals surface area contributed by atoms with E-state index in [0.29, 0.717) is 29.9 Å². The first-order valence-electron chi connectivity index (χ1n) is 17.2. The van der Waals surface area contributed by atoms with Crippen LogP contribution >= 0.6 is 11.3 Å². The Morgan fingerprint density at radius 2 is 1.88 bits per heavy atom. The molecule has 0 aliphatic carbocycles. The second kappa shape index (κ2) is 11.7. The summed E-state index contributed by atoms with van der Waals surface area (Å²) in [5.41, 5.74) is 7.89. The number of thiophene rings is 1. The Hall–Kier alpha value is -3.74. The number of pyridine rings is 1. The predicted octanol–water partition coefficient (Wildman–Crippen LogP) is 4.71. The van der Waals surface area contributed by atoms with E-state index in [1.807, 2.05) is 6.92 Å². The van der Waals surface area contributed by atoms with Crippen molar-refractivity contribution in [3.05, 3.63) is 34.5 Å². The van der Waals surface area contributed by atoms with Crippen molar-refractivity contribution in [3.63, 3.8) is 0 Å². The number of benzene rings is 1. The molecular weight excluding hydrogens is 651 g/mol. The molecule has 1 aromatic carbocycles. The normalized spacial score (nSPS) is 23.8. The Labute approximate surface area is 286 Å². The number of nitrogens with two attached hydrogens (primary N) is 1. The highest BCUT2D eigenvalue weighted by molar-refractivity contribution is 7.23. The average molecular weight is 689 g/mol. The molecule has 9 rings (SSSR count). The molecule has 0 amide bonds. The maximum absolute atomic E-state index is 17.5. The van der Waals surface area contributed by atoms with Crippen LogP contribution in [0.4, 0.5) is 19.6 Å². The number of piperazine rings is 1. The van der Waals surface area contributed by atoms with Crippen molar-refractivity contribution in [1.29, 1.82) is 5.26 Å². The third-order valence-electron chi connectivity index (χ3n) is 11.4. The van der Waals surface area contributed by atoms with Gasteiger partial charge in [0.15, 0.2) is 11.6 Å². The van der Waals surface area contributed by atoms with Crippen molar-refractivity contribution in [1.82, 2.24) is 24.8 Å². The number of aliphatic hydroxyl groups is 1. The van der Waals surface area contributed by atoms with Crippen LogP contribution in [0, 0.1) is 23.0 Å². The van der Waals surface area contributed by atoms with Crippen LogP contribution in [0.1, 0.15) is 62.1 Å². The number of nitrogen functional groups attached to an aromatic ring is 1. The van der Waals surface area contributed by atoms with E-state index in [1.165, 1.54) is 0 Å². The minimum Gasteiger partial charge on any atom is -0.461 e. The zero-order valence-electron chi connectivity index (χ0n) is 27.3. The van der Waals surface area contributed by atoms with Gasteiger partial charge in [-0.15, -0.1) is 11.3 Å². The number of fused-ring (bicyclic) bond motifs is 7. The molecule has 5 aliphatic rings. The molecule has 8 heterocycles. The summed E-state index contributed by atoms with van der Waals surface area (Å²) in [5.74, 6) is -0.620. The van der Waals surface area contributed by atoms with Gasteiger partial charge in [-0.25, -0.2) is 8.78 Å². The third-order valence-corrected chi connectivity index (χ3v) is 12.4. The fourth-order valence-corrected chi connectivity index (χ4v) is 10.3. The number of aromatic nitrogens is 3. The van der Waals surface area contributed by atoms with Gasteiger partial charge in [0.25, 0.3) is 0 Å². The smallest absolute Gasteiger partial charge is 0.319 e. The Kier molecular flexibility index (Phi) is 7.44. The lowest BCUT2D eigenvalue weighted by Crippen LogP contribution is -2.55. The monoisotopic (exact) mass is 688 g/mol. The van der Waals surface area contributed by atoms with E-state index in [2.05, 4.69) is 25.8 Å². The second-order valence-corrected chi connectivity index (χ2v) is 15.4. The molecule has 5 aliphatic heterocycles. The van der Waals surface area contributed by atoms with Crippen LogP contribution in [0.15, 0.2) is 6.20 Å². The highest BCUT2D eigenvalue weighted by Crippen LogP contribution is 2.48. The van der Waals surface area contributed by atoms with E-state index in [-0.39, 0.29) is 74.3 Å². The van der Waals surface area contributed by atoms with Gasteiger partial charge in [0.05, 0.1) is 52.4 Å². The highest BCUT2D eigenvalue weighted by atomic mass is 32.1. The Morgan fingerprint density at radius 3 is 2.59 bits per heavy atom. The van der Waals surface area contributed by atoms with Crippen LogP contribution in [-0.2, 0) is 18.0 Å². The molecule has 4 fully saturated rings. The summed E-state index contributed by atoms with van der Waals surface area (Å²) in [6.07, 6.45) is 6.85. The van der Waals surface area contributed by atoms with Gasteiger partial charge in [0.1, 0.15) is 29.0 Å². The molecule has 14 heteroatoms. The third kappa shape index (κ3) is 4.80. The molecule has 11 nitrogen and oxygen atoms in total.